The third-order valence-corrected chi connectivity index (χ3v) is 4.06. The molecule has 0 spiro atoms. The number of aliphatic hydroxyl groups is 1. The van der Waals surface area contributed by atoms with Crippen LogP contribution >= 0.6 is 0 Å². The van der Waals surface area contributed by atoms with E-state index in [4.69, 9.17) is 0 Å². The van der Waals surface area contributed by atoms with Gasteiger partial charge < -0.3 is 15.7 Å². The first-order valence-corrected chi connectivity index (χ1v) is 7.87. The Hall–Kier alpha value is -1.88. The maximum atomic E-state index is 12.0. The quantitative estimate of drug-likeness (QED) is 0.749. The van der Waals surface area contributed by atoms with Crippen molar-refractivity contribution in [2.24, 2.45) is 0 Å². The first-order valence-electron chi connectivity index (χ1n) is 7.87. The molecule has 3 N–H and O–H groups in total. The smallest absolute Gasteiger partial charge is 0.313 e. The molecule has 0 saturated heterocycles. The summed E-state index contributed by atoms with van der Waals surface area (Å²) < 4.78 is 0. The second-order valence-corrected chi connectivity index (χ2v) is 6.17. The van der Waals surface area contributed by atoms with E-state index in [0.29, 0.717) is 24.4 Å². The van der Waals surface area contributed by atoms with E-state index in [0.717, 1.165) is 18.4 Å². The minimum Gasteiger partial charge on any atom is -0.391 e. The zero-order valence-electron chi connectivity index (χ0n) is 13.1. The molecule has 0 aliphatic heterocycles. The third-order valence-electron chi connectivity index (χ3n) is 4.06. The number of carbonyl (C=O) groups is 2. The Balaban J connectivity index is 1.93. The maximum absolute atomic E-state index is 12.0. The Labute approximate surface area is 131 Å². The summed E-state index contributed by atoms with van der Waals surface area (Å²) in [5.41, 5.74) is 1.71. The molecule has 2 atom stereocenters. The average molecular weight is 304 g/mol. The second kappa shape index (κ2) is 7.40. The highest BCUT2D eigenvalue weighted by Crippen LogP contribution is 2.19. The van der Waals surface area contributed by atoms with Gasteiger partial charge in [-0.15, -0.1) is 0 Å². The van der Waals surface area contributed by atoms with Crippen LogP contribution in [0.3, 0.4) is 0 Å². The van der Waals surface area contributed by atoms with Crippen molar-refractivity contribution < 1.29 is 14.7 Å². The van der Waals surface area contributed by atoms with Crippen LogP contribution in [0.25, 0.3) is 0 Å². The fourth-order valence-corrected chi connectivity index (χ4v) is 2.68. The molecule has 2 amide bonds. The summed E-state index contributed by atoms with van der Waals surface area (Å²) in [6, 6.07) is 7.14. The van der Waals surface area contributed by atoms with Crippen molar-refractivity contribution in [1.82, 2.24) is 5.32 Å². The van der Waals surface area contributed by atoms with Crippen LogP contribution < -0.4 is 10.6 Å². The predicted molar refractivity (Wildman–Crippen MR) is 85.6 cm³/mol. The fraction of sp³-hybridized carbons (Fsp3) is 0.529. The lowest BCUT2D eigenvalue weighted by Crippen LogP contribution is -2.48. The van der Waals surface area contributed by atoms with Gasteiger partial charge >= 0.3 is 11.8 Å². The van der Waals surface area contributed by atoms with Gasteiger partial charge in [0.15, 0.2) is 0 Å². The molecular formula is C17H24N2O3. The number of benzene rings is 1. The topological polar surface area (TPSA) is 78.4 Å². The Bertz CT molecular complexity index is 542. The number of carbonyl (C=O) groups excluding carboxylic acids is 2. The summed E-state index contributed by atoms with van der Waals surface area (Å²) >= 11 is 0. The lowest BCUT2D eigenvalue weighted by Gasteiger charge is -2.28. The van der Waals surface area contributed by atoms with E-state index in [1.807, 2.05) is 18.2 Å². The molecule has 1 aromatic rings. The number of amides is 2. The van der Waals surface area contributed by atoms with Gasteiger partial charge in [0.2, 0.25) is 0 Å². The van der Waals surface area contributed by atoms with E-state index in [-0.39, 0.29) is 6.04 Å². The number of hydrogen-bond donors (Lipinski definition) is 3. The lowest BCUT2D eigenvalue weighted by molar-refractivity contribution is -0.137. The van der Waals surface area contributed by atoms with E-state index in [1.165, 1.54) is 0 Å². The van der Waals surface area contributed by atoms with Gasteiger partial charge in [-0.1, -0.05) is 38.8 Å². The van der Waals surface area contributed by atoms with E-state index >= 15 is 0 Å². The van der Waals surface area contributed by atoms with Crippen LogP contribution in [0.1, 0.15) is 51.0 Å². The molecule has 22 heavy (non-hydrogen) atoms. The first-order chi connectivity index (χ1) is 10.5. The predicted octanol–water partition coefficient (Wildman–Crippen LogP) is 2.17. The number of nitrogens with one attached hydrogen (secondary N) is 2. The van der Waals surface area contributed by atoms with Gasteiger partial charge in [-0.2, -0.15) is 0 Å². The number of hydrogen-bond acceptors (Lipinski definition) is 3. The number of anilines is 1. The molecule has 2 rings (SSSR count). The van der Waals surface area contributed by atoms with E-state index < -0.39 is 17.9 Å². The van der Waals surface area contributed by atoms with Crippen molar-refractivity contribution in [1.29, 1.82) is 0 Å². The van der Waals surface area contributed by atoms with Crippen molar-refractivity contribution in [2.75, 3.05) is 5.32 Å². The van der Waals surface area contributed by atoms with E-state index in [2.05, 4.69) is 24.5 Å². The van der Waals surface area contributed by atoms with Gasteiger partial charge in [0.05, 0.1) is 12.1 Å². The average Bonchev–Trinajstić information content (AvgIpc) is 2.49. The van der Waals surface area contributed by atoms with E-state index in [9.17, 15) is 14.7 Å². The van der Waals surface area contributed by atoms with Crippen molar-refractivity contribution in [3.05, 3.63) is 29.8 Å². The normalized spacial score (nSPS) is 21.5. The summed E-state index contributed by atoms with van der Waals surface area (Å²) in [6.45, 7) is 4.14. The molecular weight excluding hydrogens is 280 g/mol. The van der Waals surface area contributed by atoms with E-state index in [1.54, 1.807) is 6.07 Å². The third kappa shape index (κ3) is 4.31. The molecule has 5 heteroatoms. The van der Waals surface area contributed by atoms with Gasteiger partial charge in [-0.25, -0.2) is 0 Å². The summed E-state index contributed by atoms with van der Waals surface area (Å²) in [7, 11) is 0. The Morgan fingerprint density at radius 3 is 2.59 bits per heavy atom. The fourth-order valence-electron chi connectivity index (χ4n) is 2.68. The van der Waals surface area contributed by atoms with Gasteiger partial charge in [0.1, 0.15) is 0 Å². The van der Waals surface area contributed by atoms with Crippen LogP contribution in [0.5, 0.6) is 0 Å². The van der Waals surface area contributed by atoms with Crippen LogP contribution in [0.4, 0.5) is 5.69 Å². The van der Waals surface area contributed by atoms with Crippen molar-refractivity contribution in [3.8, 4) is 0 Å². The van der Waals surface area contributed by atoms with Crippen LogP contribution in [0.2, 0.25) is 0 Å². The molecule has 1 fully saturated rings. The number of rotatable bonds is 3. The largest absolute Gasteiger partial charge is 0.391 e. The summed E-state index contributed by atoms with van der Waals surface area (Å²) in [5, 5.41) is 15.1. The summed E-state index contributed by atoms with van der Waals surface area (Å²) in [6.07, 6.45) is 2.74. The number of aliphatic hydroxyl groups excluding tert-OH is 1. The summed E-state index contributed by atoms with van der Waals surface area (Å²) in [5.74, 6) is -1.04. The molecule has 1 aromatic carbocycles. The highest BCUT2D eigenvalue weighted by Gasteiger charge is 2.26. The van der Waals surface area contributed by atoms with Crippen LogP contribution in [-0.4, -0.2) is 29.1 Å². The van der Waals surface area contributed by atoms with Crippen molar-refractivity contribution in [3.63, 3.8) is 0 Å². The minimum atomic E-state index is -0.696. The van der Waals surface area contributed by atoms with Gasteiger partial charge in [-0.05, 0) is 36.5 Å². The molecule has 0 heterocycles. The Kier molecular flexibility index (Phi) is 5.55. The van der Waals surface area contributed by atoms with Gasteiger partial charge in [0.25, 0.3) is 0 Å². The maximum Gasteiger partial charge on any atom is 0.313 e. The zero-order chi connectivity index (χ0) is 16.1. The Morgan fingerprint density at radius 2 is 1.91 bits per heavy atom. The molecule has 5 nitrogen and oxygen atoms in total. The molecule has 1 aliphatic rings. The van der Waals surface area contributed by atoms with Crippen LogP contribution in [0, 0.1) is 0 Å². The molecule has 2 unspecified atom stereocenters. The second-order valence-electron chi connectivity index (χ2n) is 6.17. The molecule has 1 aliphatic carbocycles. The monoisotopic (exact) mass is 304 g/mol. The van der Waals surface area contributed by atoms with Gasteiger partial charge in [0, 0.05) is 5.69 Å². The first kappa shape index (κ1) is 16.5. The highest BCUT2D eigenvalue weighted by atomic mass is 16.3. The standard InChI is InChI=1S/C17H24N2O3/c1-11(2)12-6-5-7-13(10-12)18-16(21)17(22)19-14-8-3-4-9-15(14)20/h5-7,10-11,14-15,20H,3-4,8-9H2,1-2H3,(H,18,21)(H,19,22). The Morgan fingerprint density at radius 1 is 1.18 bits per heavy atom. The molecule has 0 aromatic heterocycles. The molecule has 0 bridgehead atoms. The molecule has 0 radical (unpaired) electrons. The molecule has 120 valence electrons. The minimum absolute atomic E-state index is 0.325. The van der Waals surface area contributed by atoms with Crippen LogP contribution in [0.15, 0.2) is 24.3 Å². The highest BCUT2D eigenvalue weighted by molar-refractivity contribution is 6.39. The summed E-state index contributed by atoms with van der Waals surface area (Å²) in [4.78, 5) is 23.9. The lowest BCUT2D eigenvalue weighted by atomic mass is 9.92. The molecule has 1 saturated carbocycles. The van der Waals surface area contributed by atoms with Crippen molar-refractivity contribution in [2.45, 2.75) is 57.6 Å². The van der Waals surface area contributed by atoms with Crippen LogP contribution in [-0.2, 0) is 9.59 Å². The zero-order valence-corrected chi connectivity index (χ0v) is 13.1. The van der Waals surface area contributed by atoms with Crippen molar-refractivity contribution >= 4 is 17.5 Å². The van der Waals surface area contributed by atoms with Gasteiger partial charge in [-0.3, -0.25) is 9.59 Å². The SMILES string of the molecule is CC(C)c1cccc(NC(=O)C(=O)NC2CCCCC2O)c1.